The minimum atomic E-state index is 0.0316. The Morgan fingerprint density at radius 3 is 2.68 bits per heavy atom. The van der Waals surface area contributed by atoms with E-state index in [2.05, 4.69) is 46.1 Å². The topological polar surface area (TPSA) is 48.9 Å². The van der Waals surface area contributed by atoms with Crippen molar-refractivity contribution in [2.45, 2.75) is 12.5 Å². The molecular weight excluding hydrogens is 352 g/mol. The van der Waals surface area contributed by atoms with Crippen LogP contribution in [-0.2, 0) is 11.2 Å². The molecule has 0 saturated carbocycles. The highest BCUT2D eigenvalue weighted by atomic mass is 16.5. The Morgan fingerprint density at radius 1 is 1.11 bits per heavy atom. The van der Waals surface area contributed by atoms with Gasteiger partial charge in [0.1, 0.15) is 5.69 Å². The Bertz CT molecular complexity index is 792. The van der Waals surface area contributed by atoms with Crippen LogP contribution in [0, 0.1) is 0 Å². The van der Waals surface area contributed by atoms with E-state index in [1.165, 1.54) is 5.56 Å². The summed E-state index contributed by atoms with van der Waals surface area (Å²) in [6.45, 7) is 5.65. The van der Waals surface area contributed by atoms with E-state index < -0.39 is 0 Å². The number of ether oxygens (including phenoxy) is 1. The molecule has 6 nitrogen and oxygen atoms in total. The maximum atomic E-state index is 13.3. The number of morpholine rings is 1. The van der Waals surface area contributed by atoms with Crippen LogP contribution in [0.15, 0.2) is 48.7 Å². The zero-order valence-electron chi connectivity index (χ0n) is 16.5. The van der Waals surface area contributed by atoms with E-state index in [0.29, 0.717) is 5.69 Å². The Morgan fingerprint density at radius 2 is 1.89 bits per heavy atom. The van der Waals surface area contributed by atoms with Gasteiger partial charge in [-0.25, -0.2) is 0 Å². The van der Waals surface area contributed by atoms with Gasteiger partial charge < -0.3 is 19.4 Å². The van der Waals surface area contributed by atoms with Gasteiger partial charge in [0.15, 0.2) is 0 Å². The SMILES string of the molecule is CN1CCN(C(=O)c2cc(N3CCOCC3)ccn2)C(Cc2ccccc2)C1. The van der Waals surface area contributed by atoms with Crippen LogP contribution in [0.3, 0.4) is 0 Å². The predicted molar refractivity (Wildman–Crippen MR) is 110 cm³/mol. The van der Waals surface area contributed by atoms with Crippen LogP contribution in [0.2, 0.25) is 0 Å². The molecule has 28 heavy (non-hydrogen) atoms. The summed E-state index contributed by atoms with van der Waals surface area (Å²) >= 11 is 0. The predicted octanol–water partition coefficient (Wildman–Crippen LogP) is 1.92. The van der Waals surface area contributed by atoms with Crippen LogP contribution >= 0.6 is 0 Å². The third-order valence-corrected chi connectivity index (χ3v) is 5.60. The van der Waals surface area contributed by atoms with Crippen molar-refractivity contribution in [1.29, 1.82) is 0 Å². The summed E-state index contributed by atoms with van der Waals surface area (Å²) in [4.78, 5) is 24.3. The molecule has 1 unspecified atom stereocenters. The molecule has 6 heteroatoms. The Hall–Kier alpha value is -2.44. The van der Waals surface area contributed by atoms with Crippen LogP contribution in [0.1, 0.15) is 16.1 Å². The number of aromatic nitrogens is 1. The summed E-state index contributed by atoms with van der Waals surface area (Å²) in [6, 6.07) is 14.5. The first kappa shape index (κ1) is 18.9. The number of benzene rings is 1. The van der Waals surface area contributed by atoms with Crippen molar-refractivity contribution in [2.75, 3.05) is 57.9 Å². The fraction of sp³-hybridized carbons (Fsp3) is 0.455. The van der Waals surface area contributed by atoms with Crippen molar-refractivity contribution in [1.82, 2.24) is 14.8 Å². The van der Waals surface area contributed by atoms with Gasteiger partial charge in [-0.15, -0.1) is 0 Å². The number of anilines is 1. The largest absolute Gasteiger partial charge is 0.378 e. The number of hydrogen-bond acceptors (Lipinski definition) is 5. The lowest BCUT2D eigenvalue weighted by molar-refractivity contribution is 0.0496. The standard InChI is InChI=1S/C22H28N4O2/c1-24-9-10-26(20(17-24)15-18-5-3-2-4-6-18)22(27)21-16-19(7-8-23-21)25-11-13-28-14-12-25/h2-8,16,20H,9-15,17H2,1H3. The maximum absolute atomic E-state index is 13.3. The molecule has 1 amide bonds. The molecule has 1 atom stereocenters. The first-order chi connectivity index (χ1) is 13.7. The third-order valence-electron chi connectivity index (χ3n) is 5.60. The molecule has 2 saturated heterocycles. The third kappa shape index (κ3) is 4.34. The first-order valence-corrected chi connectivity index (χ1v) is 10.0. The second kappa shape index (κ2) is 8.71. The monoisotopic (exact) mass is 380 g/mol. The molecule has 2 aromatic rings. The Balaban J connectivity index is 1.53. The summed E-state index contributed by atoms with van der Waals surface area (Å²) < 4.78 is 5.44. The lowest BCUT2D eigenvalue weighted by Gasteiger charge is -2.40. The first-order valence-electron chi connectivity index (χ1n) is 10.0. The number of rotatable bonds is 4. The number of carbonyl (C=O) groups is 1. The van der Waals surface area contributed by atoms with Gasteiger partial charge in [-0.05, 0) is 31.2 Å². The molecule has 0 N–H and O–H groups in total. The Labute approximate surface area is 166 Å². The number of amides is 1. The van der Waals surface area contributed by atoms with Gasteiger partial charge in [0.25, 0.3) is 5.91 Å². The Kier molecular flexibility index (Phi) is 5.88. The summed E-state index contributed by atoms with van der Waals surface area (Å²) in [6.07, 6.45) is 2.61. The number of carbonyl (C=O) groups excluding carboxylic acids is 1. The average Bonchev–Trinajstić information content (AvgIpc) is 2.75. The zero-order chi connectivity index (χ0) is 19.3. The maximum Gasteiger partial charge on any atom is 0.272 e. The van der Waals surface area contributed by atoms with Gasteiger partial charge in [0.2, 0.25) is 0 Å². The number of piperazine rings is 1. The smallest absolute Gasteiger partial charge is 0.272 e. The molecule has 4 rings (SSSR count). The van der Waals surface area contributed by atoms with Crippen molar-refractivity contribution in [3.63, 3.8) is 0 Å². The second-order valence-corrected chi connectivity index (χ2v) is 7.60. The van der Waals surface area contributed by atoms with Crippen LogP contribution in [0.5, 0.6) is 0 Å². The number of hydrogen-bond donors (Lipinski definition) is 0. The van der Waals surface area contributed by atoms with E-state index in [0.717, 1.165) is 58.0 Å². The molecule has 0 bridgehead atoms. The lowest BCUT2D eigenvalue weighted by atomic mass is 10.0. The highest BCUT2D eigenvalue weighted by Crippen LogP contribution is 2.20. The van der Waals surface area contributed by atoms with Crippen LogP contribution < -0.4 is 4.90 Å². The molecule has 2 fully saturated rings. The summed E-state index contributed by atoms with van der Waals surface area (Å²) in [5, 5.41) is 0. The molecule has 1 aromatic carbocycles. The zero-order valence-corrected chi connectivity index (χ0v) is 16.5. The van der Waals surface area contributed by atoms with Gasteiger partial charge >= 0.3 is 0 Å². The van der Waals surface area contributed by atoms with Gasteiger partial charge in [-0.2, -0.15) is 0 Å². The van der Waals surface area contributed by atoms with Gasteiger partial charge in [-0.1, -0.05) is 30.3 Å². The molecule has 2 aliphatic heterocycles. The van der Waals surface area contributed by atoms with E-state index in [9.17, 15) is 4.79 Å². The van der Waals surface area contributed by atoms with Crippen LogP contribution in [0.25, 0.3) is 0 Å². The van der Waals surface area contributed by atoms with Crippen LogP contribution in [-0.4, -0.2) is 79.7 Å². The molecular formula is C22H28N4O2. The number of pyridine rings is 1. The quantitative estimate of drug-likeness (QED) is 0.811. The fourth-order valence-corrected chi connectivity index (χ4v) is 4.04. The molecule has 3 heterocycles. The summed E-state index contributed by atoms with van der Waals surface area (Å²) in [7, 11) is 2.12. The van der Waals surface area contributed by atoms with E-state index in [-0.39, 0.29) is 11.9 Å². The minimum absolute atomic E-state index is 0.0316. The average molecular weight is 380 g/mol. The van der Waals surface area contributed by atoms with Crippen molar-refractivity contribution in [3.8, 4) is 0 Å². The van der Waals surface area contributed by atoms with Gasteiger partial charge in [-0.3, -0.25) is 9.78 Å². The molecule has 0 spiro atoms. The van der Waals surface area contributed by atoms with Crippen molar-refractivity contribution >= 4 is 11.6 Å². The number of nitrogens with zero attached hydrogens (tertiary/aromatic N) is 4. The van der Waals surface area contributed by atoms with Crippen molar-refractivity contribution < 1.29 is 9.53 Å². The van der Waals surface area contributed by atoms with Gasteiger partial charge in [0.05, 0.1) is 13.2 Å². The normalized spacial score (nSPS) is 21.0. The van der Waals surface area contributed by atoms with Crippen molar-refractivity contribution in [3.05, 3.63) is 59.9 Å². The van der Waals surface area contributed by atoms with Crippen molar-refractivity contribution in [2.24, 2.45) is 0 Å². The van der Waals surface area contributed by atoms with Crippen LogP contribution in [0.4, 0.5) is 5.69 Å². The minimum Gasteiger partial charge on any atom is -0.378 e. The molecule has 1 aromatic heterocycles. The van der Waals surface area contributed by atoms with E-state index in [4.69, 9.17) is 4.74 Å². The molecule has 0 radical (unpaired) electrons. The summed E-state index contributed by atoms with van der Waals surface area (Å²) in [5.74, 6) is 0.0316. The molecule has 148 valence electrons. The van der Waals surface area contributed by atoms with E-state index in [1.807, 2.05) is 23.1 Å². The highest BCUT2D eigenvalue weighted by Gasteiger charge is 2.30. The van der Waals surface area contributed by atoms with E-state index in [1.54, 1.807) is 6.20 Å². The van der Waals surface area contributed by atoms with E-state index >= 15 is 0 Å². The lowest BCUT2D eigenvalue weighted by Crippen LogP contribution is -2.55. The van der Waals surface area contributed by atoms with Gasteiger partial charge in [0, 0.05) is 50.6 Å². The number of likely N-dealkylation sites (N-methyl/N-ethyl adjacent to an activating group) is 1. The molecule has 2 aliphatic rings. The second-order valence-electron chi connectivity index (χ2n) is 7.60. The fourth-order valence-electron chi connectivity index (χ4n) is 4.04. The summed E-state index contributed by atoms with van der Waals surface area (Å²) in [5.41, 5.74) is 2.85. The molecule has 0 aliphatic carbocycles. The highest BCUT2D eigenvalue weighted by molar-refractivity contribution is 5.93.